The van der Waals surface area contributed by atoms with Crippen molar-refractivity contribution in [1.29, 1.82) is 0 Å². The molecule has 0 unspecified atom stereocenters. The van der Waals surface area contributed by atoms with Crippen LogP contribution in [0.25, 0.3) is 0 Å². The molecule has 0 atom stereocenters. The number of benzene rings is 2. The second-order valence-corrected chi connectivity index (χ2v) is 6.06. The van der Waals surface area contributed by atoms with E-state index in [1.165, 1.54) is 16.8 Å². The van der Waals surface area contributed by atoms with Crippen LogP contribution in [0.1, 0.15) is 25.0 Å². The molecule has 0 spiro atoms. The molecule has 21 heavy (non-hydrogen) atoms. The summed E-state index contributed by atoms with van der Waals surface area (Å²) in [6.07, 6.45) is 0. The Morgan fingerprint density at radius 3 is 2.48 bits per heavy atom. The quantitative estimate of drug-likeness (QED) is 0.820. The lowest BCUT2D eigenvalue weighted by Gasteiger charge is -2.23. The zero-order valence-electron chi connectivity index (χ0n) is 12.9. The first-order valence-electron chi connectivity index (χ1n) is 7.25. The summed E-state index contributed by atoms with van der Waals surface area (Å²) >= 11 is 0. The van der Waals surface area contributed by atoms with Crippen molar-refractivity contribution in [3.63, 3.8) is 0 Å². The second kappa shape index (κ2) is 4.96. The van der Waals surface area contributed by atoms with Crippen LogP contribution in [0, 0.1) is 0 Å². The first-order chi connectivity index (χ1) is 10.0. The van der Waals surface area contributed by atoms with Crippen LogP contribution in [0.5, 0.6) is 5.75 Å². The van der Waals surface area contributed by atoms with Crippen LogP contribution >= 0.6 is 0 Å². The highest BCUT2D eigenvalue weighted by Gasteiger charge is 2.39. The molecule has 0 saturated carbocycles. The molecule has 0 bridgehead atoms. The van der Waals surface area contributed by atoms with Crippen molar-refractivity contribution in [3.8, 4) is 5.75 Å². The van der Waals surface area contributed by atoms with E-state index in [1.807, 2.05) is 24.3 Å². The Morgan fingerprint density at radius 2 is 1.76 bits per heavy atom. The number of likely N-dealkylation sites (N-methyl/N-ethyl adjacent to an activating group) is 1. The highest BCUT2D eigenvalue weighted by Crippen LogP contribution is 2.50. The zero-order valence-corrected chi connectivity index (χ0v) is 12.9. The van der Waals surface area contributed by atoms with Gasteiger partial charge in [0.05, 0.1) is 0 Å². The molecule has 2 nitrogen and oxygen atoms in total. The van der Waals surface area contributed by atoms with E-state index < -0.39 is 0 Å². The number of rotatable bonds is 3. The van der Waals surface area contributed by atoms with Gasteiger partial charge in [-0.15, -0.1) is 0 Å². The van der Waals surface area contributed by atoms with E-state index in [0.717, 1.165) is 11.4 Å². The molecule has 1 aliphatic rings. The number of nitrogens with zero attached hydrogens (tertiary/aromatic N) is 1. The Balaban J connectivity index is 1.94. The summed E-state index contributed by atoms with van der Waals surface area (Å²) in [5.74, 6) is 0.951. The van der Waals surface area contributed by atoms with Crippen molar-refractivity contribution >= 4 is 5.69 Å². The summed E-state index contributed by atoms with van der Waals surface area (Å²) in [6, 6.07) is 16.5. The van der Waals surface area contributed by atoms with Crippen LogP contribution < -0.4 is 9.64 Å². The van der Waals surface area contributed by atoms with Crippen molar-refractivity contribution in [2.75, 3.05) is 11.9 Å². The standard InChI is InChI=1S/C19H21NO/c1-14-19(2,3)18-16(20(14)4)11-8-12-17(18)21-13-15-9-6-5-7-10-15/h5-12H,1,13H2,2-4H3. The molecule has 0 N–H and O–H groups in total. The van der Waals surface area contributed by atoms with Crippen LogP contribution in [-0.4, -0.2) is 7.05 Å². The van der Waals surface area contributed by atoms with Gasteiger partial charge < -0.3 is 9.64 Å². The smallest absolute Gasteiger partial charge is 0.126 e. The van der Waals surface area contributed by atoms with Gasteiger partial charge in [0.25, 0.3) is 0 Å². The summed E-state index contributed by atoms with van der Waals surface area (Å²) in [7, 11) is 2.07. The van der Waals surface area contributed by atoms with Gasteiger partial charge in [-0.25, -0.2) is 0 Å². The minimum Gasteiger partial charge on any atom is -0.489 e. The predicted octanol–water partition coefficient (Wildman–Crippen LogP) is 4.51. The van der Waals surface area contributed by atoms with Crippen molar-refractivity contribution < 1.29 is 4.74 Å². The van der Waals surface area contributed by atoms with E-state index in [9.17, 15) is 0 Å². The van der Waals surface area contributed by atoms with E-state index in [-0.39, 0.29) is 5.41 Å². The number of hydrogen-bond acceptors (Lipinski definition) is 2. The van der Waals surface area contributed by atoms with Crippen LogP contribution in [-0.2, 0) is 12.0 Å². The largest absolute Gasteiger partial charge is 0.489 e. The van der Waals surface area contributed by atoms with Crippen LogP contribution in [0.3, 0.4) is 0 Å². The summed E-state index contributed by atoms with van der Waals surface area (Å²) in [5.41, 5.74) is 4.60. The highest BCUT2D eigenvalue weighted by molar-refractivity contribution is 5.73. The molecular formula is C19H21NO. The minimum atomic E-state index is -0.0998. The third-order valence-electron chi connectivity index (χ3n) is 4.35. The molecule has 3 rings (SSSR count). The molecule has 0 aliphatic carbocycles. The van der Waals surface area contributed by atoms with Gasteiger partial charge in [0.1, 0.15) is 12.4 Å². The number of anilines is 1. The molecule has 0 saturated heterocycles. The summed E-state index contributed by atoms with van der Waals surface area (Å²) < 4.78 is 6.10. The Bertz CT molecular complexity index is 673. The van der Waals surface area contributed by atoms with E-state index in [2.05, 4.69) is 56.6 Å². The molecule has 0 fully saturated rings. The molecule has 1 heterocycles. The first kappa shape index (κ1) is 13.7. The molecular weight excluding hydrogens is 258 g/mol. The highest BCUT2D eigenvalue weighted by atomic mass is 16.5. The fraction of sp³-hybridized carbons (Fsp3) is 0.263. The normalized spacial score (nSPS) is 16.0. The van der Waals surface area contributed by atoms with Crippen LogP contribution in [0.15, 0.2) is 60.8 Å². The molecule has 2 aromatic rings. The van der Waals surface area contributed by atoms with Gasteiger partial charge in [-0.1, -0.05) is 56.8 Å². The van der Waals surface area contributed by atoms with Crippen molar-refractivity contribution in [3.05, 3.63) is 71.9 Å². The fourth-order valence-corrected chi connectivity index (χ4v) is 2.99. The average Bonchev–Trinajstić information content (AvgIpc) is 2.68. The summed E-state index contributed by atoms with van der Waals surface area (Å²) in [4.78, 5) is 2.16. The number of ether oxygens (including phenoxy) is 1. The van der Waals surface area contributed by atoms with E-state index in [0.29, 0.717) is 6.61 Å². The monoisotopic (exact) mass is 279 g/mol. The van der Waals surface area contributed by atoms with Crippen molar-refractivity contribution in [2.24, 2.45) is 0 Å². The van der Waals surface area contributed by atoms with Crippen molar-refractivity contribution in [2.45, 2.75) is 25.9 Å². The Hall–Kier alpha value is -2.22. The van der Waals surface area contributed by atoms with Gasteiger partial charge in [0.15, 0.2) is 0 Å². The van der Waals surface area contributed by atoms with Crippen LogP contribution in [0.2, 0.25) is 0 Å². The second-order valence-electron chi connectivity index (χ2n) is 6.06. The minimum absolute atomic E-state index is 0.0998. The SMILES string of the molecule is C=C1N(C)c2cccc(OCc3ccccc3)c2C1(C)C. The molecule has 2 heteroatoms. The van der Waals surface area contributed by atoms with Gasteiger partial charge in [0, 0.05) is 29.4 Å². The van der Waals surface area contributed by atoms with Gasteiger partial charge in [-0.3, -0.25) is 0 Å². The maximum Gasteiger partial charge on any atom is 0.126 e. The topological polar surface area (TPSA) is 12.5 Å². The van der Waals surface area contributed by atoms with Crippen molar-refractivity contribution in [1.82, 2.24) is 0 Å². The van der Waals surface area contributed by atoms with Gasteiger partial charge in [-0.2, -0.15) is 0 Å². The summed E-state index contributed by atoms with van der Waals surface area (Å²) in [6.45, 7) is 9.22. The van der Waals surface area contributed by atoms with Crippen LogP contribution in [0.4, 0.5) is 5.69 Å². The predicted molar refractivity (Wildman–Crippen MR) is 87.8 cm³/mol. The summed E-state index contributed by atoms with van der Waals surface area (Å²) in [5, 5.41) is 0. The third-order valence-corrected chi connectivity index (χ3v) is 4.35. The maximum atomic E-state index is 6.10. The molecule has 2 aromatic carbocycles. The van der Waals surface area contributed by atoms with Gasteiger partial charge in [0.2, 0.25) is 0 Å². The molecule has 0 radical (unpaired) electrons. The molecule has 0 aromatic heterocycles. The van der Waals surface area contributed by atoms with E-state index >= 15 is 0 Å². The lowest BCUT2D eigenvalue weighted by atomic mass is 9.84. The van der Waals surface area contributed by atoms with Gasteiger partial charge >= 0.3 is 0 Å². The Morgan fingerprint density at radius 1 is 1.05 bits per heavy atom. The molecule has 108 valence electrons. The zero-order chi connectivity index (χ0) is 15.0. The lowest BCUT2D eigenvalue weighted by molar-refractivity contribution is 0.300. The third kappa shape index (κ3) is 2.21. The number of fused-ring (bicyclic) bond motifs is 1. The van der Waals surface area contributed by atoms with E-state index in [1.54, 1.807) is 0 Å². The lowest BCUT2D eigenvalue weighted by Crippen LogP contribution is -2.21. The Kier molecular flexibility index (Phi) is 3.25. The van der Waals surface area contributed by atoms with Gasteiger partial charge in [-0.05, 0) is 17.7 Å². The number of allylic oxidation sites excluding steroid dienone is 1. The first-order valence-corrected chi connectivity index (χ1v) is 7.25. The maximum absolute atomic E-state index is 6.10. The fourth-order valence-electron chi connectivity index (χ4n) is 2.99. The van der Waals surface area contributed by atoms with E-state index in [4.69, 9.17) is 4.74 Å². The Labute approximate surface area is 126 Å². The molecule has 0 amide bonds. The molecule has 1 aliphatic heterocycles. The average molecular weight is 279 g/mol. The number of hydrogen-bond donors (Lipinski definition) is 0.